The van der Waals surface area contributed by atoms with Gasteiger partial charge in [-0.2, -0.15) is 0 Å². The van der Waals surface area contributed by atoms with Crippen molar-refractivity contribution < 1.29 is 22.7 Å². The van der Waals surface area contributed by atoms with Gasteiger partial charge in [0.25, 0.3) is 10.0 Å². The third-order valence-electron chi connectivity index (χ3n) is 8.32. The minimum atomic E-state index is -4.18. The Morgan fingerprint density at radius 3 is 2.04 bits per heavy atom. The molecule has 8 nitrogen and oxygen atoms in total. The number of nitrogens with one attached hydrogen (secondary N) is 1. The van der Waals surface area contributed by atoms with Gasteiger partial charge in [0.05, 0.1) is 10.6 Å². The van der Waals surface area contributed by atoms with Crippen molar-refractivity contribution in [3.8, 4) is 11.5 Å². The molecule has 47 heavy (non-hydrogen) atoms. The number of hydrogen-bond donors (Lipinski definition) is 1. The molecule has 0 radical (unpaired) electrons. The number of carbonyl (C=O) groups excluding carboxylic acids is 2. The summed E-state index contributed by atoms with van der Waals surface area (Å²) >= 11 is 6.13. The fourth-order valence-electron chi connectivity index (χ4n) is 5.80. The van der Waals surface area contributed by atoms with E-state index in [0.29, 0.717) is 22.9 Å². The number of carbonyl (C=O) groups is 2. The van der Waals surface area contributed by atoms with Gasteiger partial charge in [0.15, 0.2) is 0 Å². The molecule has 0 spiro atoms. The number of rotatable bonds is 13. The maximum Gasteiger partial charge on any atom is 0.264 e. The van der Waals surface area contributed by atoms with Gasteiger partial charge in [-0.15, -0.1) is 0 Å². The van der Waals surface area contributed by atoms with Crippen LogP contribution in [0.15, 0.2) is 114 Å². The Kier molecular flexibility index (Phi) is 11.6. The van der Waals surface area contributed by atoms with Crippen molar-refractivity contribution in [1.82, 2.24) is 10.2 Å². The van der Waals surface area contributed by atoms with Gasteiger partial charge in [0, 0.05) is 17.6 Å². The van der Waals surface area contributed by atoms with E-state index in [1.54, 1.807) is 66.7 Å². The van der Waals surface area contributed by atoms with Gasteiger partial charge in [-0.1, -0.05) is 86.3 Å². The van der Waals surface area contributed by atoms with Gasteiger partial charge >= 0.3 is 0 Å². The van der Waals surface area contributed by atoms with Gasteiger partial charge in [0.2, 0.25) is 11.8 Å². The van der Waals surface area contributed by atoms with Crippen molar-refractivity contribution >= 4 is 39.1 Å². The summed E-state index contributed by atoms with van der Waals surface area (Å²) in [6.45, 7) is 1.45. The van der Waals surface area contributed by atoms with Crippen LogP contribution in [0, 0.1) is 0 Å². The van der Waals surface area contributed by atoms with E-state index in [1.807, 2.05) is 37.3 Å². The Bertz CT molecular complexity index is 1710. The molecule has 0 bridgehead atoms. The summed E-state index contributed by atoms with van der Waals surface area (Å²) in [5.74, 6) is 0.411. The highest BCUT2D eigenvalue weighted by Crippen LogP contribution is 2.29. The fraction of sp³-hybridized carbons (Fsp3) is 0.297. The first-order valence-electron chi connectivity index (χ1n) is 16.0. The molecule has 0 heterocycles. The van der Waals surface area contributed by atoms with Crippen LogP contribution in [0.3, 0.4) is 0 Å². The molecule has 4 aromatic rings. The predicted octanol–water partition coefficient (Wildman–Crippen LogP) is 7.58. The topological polar surface area (TPSA) is 96.0 Å². The summed E-state index contributed by atoms with van der Waals surface area (Å²) in [7, 11) is -4.18. The normalized spacial score (nSPS) is 14.2. The Hall–Kier alpha value is -4.34. The van der Waals surface area contributed by atoms with Crippen molar-refractivity contribution in [2.45, 2.75) is 69.0 Å². The van der Waals surface area contributed by atoms with E-state index in [4.69, 9.17) is 16.3 Å². The van der Waals surface area contributed by atoms with Crippen LogP contribution in [-0.2, 0) is 26.2 Å². The number of benzene rings is 4. The van der Waals surface area contributed by atoms with Gasteiger partial charge in [-0.3, -0.25) is 13.9 Å². The quantitative estimate of drug-likeness (QED) is 0.158. The Morgan fingerprint density at radius 2 is 1.43 bits per heavy atom. The number of amides is 2. The predicted molar refractivity (Wildman–Crippen MR) is 185 cm³/mol. The van der Waals surface area contributed by atoms with Crippen molar-refractivity contribution in [3.05, 3.63) is 120 Å². The second-order valence-electron chi connectivity index (χ2n) is 11.6. The zero-order valence-corrected chi connectivity index (χ0v) is 28.0. The lowest BCUT2D eigenvalue weighted by atomic mass is 9.95. The standard InChI is InChI=1S/C37H40ClN3O5S/c1-2-35(37(43)39-30-12-6-3-7-13-30)40(26-28-18-20-29(38)21-19-28)36(42)27-41(47(44,45)34-16-10-5-11-17-34)31-22-24-33(25-23-31)46-32-14-8-4-9-15-32/h4-5,8-11,14-25,30,35H,2-3,6-7,12-13,26-27H2,1H3,(H,39,43)/t35-/m0/s1. The SMILES string of the molecule is CC[C@@H](C(=O)NC1CCCCC1)N(Cc1ccc(Cl)cc1)C(=O)CN(c1ccc(Oc2ccccc2)cc1)S(=O)(=O)c1ccccc1. The van der Waals surface area contributed by atoms with Gasteiger partial charge in [-0.25, -0.2) is 8.42 Å². The number of nitrogens with zero attached hydrogens (tertiary/aromatic N) is 2. The molecular weight excluding hydrogens is 634 g/mol. The molecule has 2 amide bonds. The zero-order chi connectivity index (χ0) is 33.2. The summed E-state index contributed by atoms with van der Waals surface area (Å²) in [5.41, 5.74) is 1.06. The van der Waals surface area contributed by atoms with Gasteiger partial charge < -0.3 is 15.0 Å². The second kappa shape index (κ2) is 16.0. The lowest BCUT2D eigenvalue weighted by Gasteiger charge is -2.34. The van der Waals surface area contributed by atoms with Crippen molar-refractivity contribution in [2.24, 2.45) is 0 Å². The number of halogens is 1. The number of anilines is 1. The first-order valence-corrected chi connectivity index (χ1v) is 17.8. The molecule has 0 aromatic heterocycles. The molecule has 1 fully saturated rings. The molecule has 1 N–H and O–H groups in total. The monoisotopic (exact) mass is 673 g/mol. The number of sulfonamides is 1. The smallest absolute Gasteiger partial charge is 0.264 e. The first-order chi connectivity index (χ1) is 22.7. The first kappa shape index (κ1) is 34.0. The summed E-state index contributed by atoms with van der Waals surface area (Å²) in [6, 6.07) is 30.1. The number of para-hydroxylation sites is 1. The molecule has 5 rings (SSSR count). The third-order valence-corrected chi connectivity index (χ3v) is 10.4. The van der Waals surface area contributed by atoms with Crippen LogP contribution >= 0.6 is 11.6 Å². The number of ether oxygens (including phenoxy) is 1. The summed E-state index contributed by atoms with van der Waals surface area (Å²) in [6.07, 6.45) is 5.42. The summed E-state index contributed by atoms with van der Waals surface area (Å²) in [4.78, 5) is 29.6. The van der Waals surface area contributed by atoms with E-state index >= 15 is 0 Å². The lowest BCUT2D eigenvalue weighted by molar-refractivity contribution is -0.140. The van der Waals surface area contributed by atoms with E-state index in [9.17, 15) is 18.0 Å². The maximum absolute atomic E-state index is 14.4. The van der Waals surface area contributed by atoms with E-state index < -0.39 is 28.5 Å². The second-order valence-corrected chi connectivity index (χ2v) is 13.9. The molecule has 0 aliphatic heterocycles. The van der Waals surface area contributed by atoms with E-state index in [-0.39, 0.29) is 29.1 Å². The van der Waals surface area contributed by atoms with Crippen LogP contribution in [0.2, 0.25) is 5.02 Å². The van der Waals surface area contributed by atoms with Crippen LogP contribution in [-0.4, -0.2) is 43.8 Å². The molecule has 4 aromatic carbocycles. The zero-order valence-electron chi connectivity index (χ0n) is 26.4. The molecule has 1 aliphatic rings. The van der Waals surface area contributed by atoms with Crippen LogP contribution < -0.4 is 14.4 Å². The van der Waals surface area contributed by atoms with Crippen LogP contribution in [0.25, 0.3) is 0 Å². The number of hydrogen-bond acceptors (Lipinski definition) is 5. The average molecular weight is 674 g/mol. The van der Waals surface area contributed by atoms with Crippen LogP contribution in [0.1, 0.15) is 51.0 Å². The lowest BCUT2D eigenvalue weighted by Crippen LogP contribution is -2.54. The minimum Gasteiger partial charge on any atom is -0.457 e. The van der Waals surface area contributed by atoms with Gasteiger partial charge in [0.1, 0.15) is 24.1 Å². The molecule has 0 unspecified atom stereocenters. The third kappa shape index (κ3) is 8.93. The van der Waals surface area contributed by atoms with Crippen LogP contribution in [0.5, 0.6) is 11.5 Å². The van der Waals surface area contributed by atoms with Crippen molar-refractivity contribution in [1.29, 1.82) is 0 Å². The summed E-state index contributed by atoms with van der Waals surface area (Å²) < 4.78 is 35.3. The fourth-order valence-corrected chi connectivity index (χ4v) is 7.37. The van der Waals surface area contributed by atoms with Crippen molar-refractivity contribution in [2.75, 3.05) is 10.8 Å². The maximum atomic E-state index is 14.4. The minimum absolute atomic E-state index is 0.0451. The molecule has 1 atom stereocenters. The van der Waals surface area contributed by atoms with Crippen LogP contribution in [0.4, 0.5) is 5.69 Å². The molecule has 0 saturated heterocycles. The van der Waals surface area contributed by atoms with Crippen molar-refractivity contribution in [3.63, 3.8) is 0 Å². The van der Waals surface area contributed by atoms with Gasteiger partial charge in [-0.05, 0) is 85.5 Å². The molecule has 1 aliphatic carbocycles. The van der Waals surface area contributed by atoms with E-state index in [1.165, 1.54) is 17.0 Å². The summed E-state index contributed by atoms with van der Waals surface area (Å²) in [5, 5.41) is 3.72. The Morgan fingerprint density at radius 1 is 0.830 bits per heavy atom. The molecular formula is C37H40ClN3O5S. The highest BCUT2D eigenvalue weighted by atomic mass is 35.5. The molecule has 10 heteroatoms. The highest BCUT2D eigenvalue weighted by Gasteiger charge is 2.34. The highest BCUT2D eigenvalue weighted by molar-refractivity contribution is 7.92. The Balaban J connectivity index is 1.47. The largest absolute Gasteiger partial charge is 0.457 e. The van der Waals surface area contributed by atoms with E-state index in [2.05, 4.69) is 5.32 Å². The Labute approximate surface area is 282 Å². The average Bonchev–Trinajstić information content (AvgIpc) is 3.09. The van der Waals surface area contributed by atoms with E-state index in [0.717, 1.165) is 42.0 Å². The molecule has 246 valence electrons. The molecule has 1 saturated carbocycles.